The van der Waals surface area contributed by atoms with Gasteiger partial charge in [0.25, 0.3) is 0 Å². The Kier molecular flexibility index (Phi) is 5.71. The van der Waals surface area contributed by atoms with Crippen LogP contribution in [0.1, 0.15) is 12.6 Å². The molecule has 1 heterocycles. The van der Waals surface area contributed by atoms with Gasteiger partial charge in [-0.15, -0.1) is 11.8 Å². The number of hydrogen-bond donors (Lipinski definition) is 1. The molecule has 0 fully saturated rings. The van der Waals surface area contributed by atoms with Crippen LogP contribution >= 0.6 is 23.4 Å². The summed E-state index contributed by atoms with van der Waals surface area (Å²) >= 11 is 7.81. The highest BCUT2D eigenvalue weighted by atomic mass is 35.5. The Morgan fingerprint density at radius 3 is 2.60 bits per heavy atom. The second-order valence-electron chi connectivity index (χ2n) is 4.14. The molecule has 0 bridgehead atoms. The summed E-state index contributed by atoms with van der Waals surface area (Å²) in [6.07, 6.45) is 2.05. The molecular weight excluding hydrogens is 292 g/mol. The summed E-state index contributed by atoms with van der Waals surface area (Å²) in [6, 6.07) is 11.5. The normalized spacial score (nSPS) is 10.6. The monoisotopic (exact) mass is 308 g/mol. The third-order valence-electron chi connectivity index (χ3n) is 2.72. The molecule has 3 nitrogen and oxygen atoms in total. The first-order valence-corrected chi connectivity index (χ1v) is 8.01. The van der Waals surface area contributed by atoms with E-state index in [4.69, 9.17) is 16.3 Å². The van der Waals surface area contributed by atoms with Crippen LogP contribution in [-0.4, -0.2) is 17.8 Å². The van der Waals surface area contributed by atoms with Crippen LogP contribution in [0, 0.1) is 0 Å². The van der Waals surface area contributed by atoms with E-state index >= 15 is 0 Å². The number of thioether (sulfide) groups is 1. The van der Waals surface area contributed by atoms with Gasteiger partial charge in [-0.1, -0.05) is 18.5 Å². The lowest BCUT2D eigenvalue weighted by atomic mass is 10.3. The first-order valence-electron chi connectivity index (χ1n) is 6.41. The number of nitrogens with one attached hydrogen (secondary N) is 1. The van der Waals surface area contributed by atoms with Crippen molar-refractivity contribution in [1.29, 1.82) is 0 Å². The maximum atomic E-state index is 6.11. The van der Waals surface area contributed by atoms with Gasteiger partial charge in [0, 0.05) is 17.5 Å². The van der Waals surface area contributed by atoms with Crippen molar-refractivity contribution in [3.8, 4) is 11.6 Å². The van der Waals surface area contributed by atoms with Crippen molar-refractivity contribution >= 4 is 23.4 Å². The zero-order valence-corrected chi connectivity index (χ0v) is 13.1. The smallest absolute Gasteiger partial charge is 0.219 e. The van der Waals surface area contributed by atoms with E-state index in [1.54, 1.807) is 17.8 Å². The molecule has 0 amide bonds. The Morgan fingerprint density at radius 2 is 1.95 bits per heavy atom. The molecule has 0 spiro atoms. The summed E-state index contributed by atoms with van der Waals surface area (Å²) < 4.78 is 5.75. The van der Waals surface area contributed by atoms with E-state index in [0.29, 0.717) is 17.4 Å². The quantitative estimate of drug-likeness (QED) is 0.804. The van der Waals surface area contributed by atoms with Crippen molar-refractivity contribution in [1.82, 2.24) is 10.3 Å². The zero-order chi connectivity index (χ0) is 14.4. The van der Waals surface area contributed by atoms with Gasteiger partial charge in [0.2, 0.25) is 5.88 Å². The zero-order valence-electron chi connectivity index (χ0n) is 11.5. The highest BCUT2D eigenvalue weighted by Crippen LogP contribution is 2.25. The lowest BCUT2D eigenvalue weighted by Gasteiger charge is -2.09. The van der Waals surface area contributed by atoms with Crippen molar-refractivity contribution in [2.24, 2.45) is 0 Å². The predicted octanol–water partition coefficient (Wildman–Crippen LogP) is 4.36. The van der Waals surface area contributed by atoms with Gasteiger partial charge in [-0.3, -0.25) is 0 Å². The van der Waals surface area contributed by atoms with E-state index in [-0.39, 0.29) is 0 Å². The van der Waals surface area contributed by atoms with Crippen LogP contribution in [-0.2, 0) is 6.54 Å². The predicted molar refractivity (Wildman–Crippen MR) is 84.9 cm³/mol. The van der Waals surface area contributed by atoms with Gasteiger partial charge in [0.1, 0.15) is 5.75 Å². The summed E-state index contributed by atoms with van der Waals surface area (Å²) in [6.45, 7) is 3.55. The molecule has 2 rings (SSSR count). The highest BCUT2D eigenvalue weighted by Gasteiger charge is 2.05. The van der Waals surface area contributed by atoms with E-state index < -0.39 is 0 Å². The van der Waals surface area contributed by atoms with Crippen LogP contribution in [0.4, 0.5) is 0 Å². The van der Waals surface area contributed by atoms with E-state index in [2.05, 4.69) is 10.3 Å². The summed E-state index contributed by atoms with van der Waals surface area (Å²) in [5, 5.41) is 3.86. The lowest BCUT2D eigenvalue weighted by molar-refractivity contribution is 0.459. The van der Waals surface area contributed by atoms with Crippen molar-refractivity contribution in [2.45, 2.75) is 18.4 Å². The highest BCUT2D eigenvalue weighted by molar-refractivity contribution is 7.98. The molecule has 0 aliphatic heterocycles. The van der Waals surface area contributed by atoms with Crippen LogP contribution < -0.4 is 10.1 Å². The second-order valence-corrected chi connectivity index (χ2v) is 5.42. The molecule has 0 atom stereocenters. The minimum atomic E-state index is 0.555. The van der Waals surface area contributed by atoms with Gasteiger partial charge in [-0.25, -0.2) is 4.98 Å². The van der Waals surface area contributed by atoms with Crippen LogP contribution in [0.25, 0.3) is 0 Å². The molecule has 1 aromatic heterocycles. The van der Waals surface area contributed by atoms with Gasteiger partial charge in [0.05, 0.1) is 10.7 Å². The van der Waals surface area contributed by atoms with Crippen LogP contribution in [0.3, 0.4) is 0 Å². The van der Waals surface area contributed by atoms with Crippen LogP contribution in [0.5, 0.6) is 11.6 Å². The largest absolute Gasteiger partial charge is 0.439 e. The molecule has 106 valence electrons. The van der Waals surface area contributed by atoms with Crippen molar-refractivity contribution in [3.63, 3.8) is 0 Å². The third-order valence-corrected chi connectivity index (χ3v) is 3.81. The lowest BCUT2D eigenvalue weighted by Crippen LogP contribution is -2.13. The first-order chi connectivity index (χ1) is 9.72. The van der Waals surface area contributed by atoms with Crippen molar-refractivity contribution in [2.75, 3.05) is 12.8 Å². The van der Waals surface area contributed by atoms with Gasteiger partial charge < -0.3 is 10.1 Å². The third kappa shape index (κ3) is 4.13. The molecule has 1 N–H and O–H groups in total. The van der Waals surface area contributed by atoms with E-state index in [1.165, 1.54) is 4.90 Å². The molecule has 20 heavy (non-hydrogen) atoms. The number of rotatable bonds is 6. The number of halogens is 1. The van der Waals surface area contributed by atoms with Crippen LogP contribution in [0.2, 0.25) is 5.02 Å². The number of hydrogen-bond acceptors (Lipinski definition) is 4. The van der Waals surface area contributed by atoms with E-state index in [9.17, 15) is 0 Å². The van der Waals surface area contributed by atoms with Gasteiger partial charge in [-0.05, 0) is 43.1 Å². The van der Waals surface area contributed by atoms with E-state index in [1.807, 2.05) is 43.5 Å². The number of aromatic nitrogens is 1. The molecule has 5 heteroatoms. The van der Waals surface area contributed by atoms with E-state index in [0.717, 1.165) is 18.0 Å². The van der Waals surface area contributed by atoms with Gasteiger partial charge in [0.15, 0.2) is 0 Å². The maximum Gasteiger partial charge on any atom is 0.219 e. The minimum Gasteiger partial charge on any atom is -0.439 e. The fourth-order valence-corrected chi connectivity index (χ4v) is 2.23. The van der Waals surface area contributed by atoms with Gasteiger partial charge in [-0.2, -0.15) is 0 Å². The Morgan fingerprint density at radius 1 is 1.20 bits per heavy atom. The number of benzene rings is 1. The minimum absolute atomic E-state index is 0.555. The molecule has 1 aromatic carbocycles. The molecule has 0 unspecified atom stereocenters. The number of ether oxygens (including phenoxy) is 1. The van der Waals surface area contributed by atoms with Gasteiger partial charge >= 0.3 is 0 Å². The molecule has 0 saturated heterocycles. The number of pyridine rings is 1. The van der Waals surface area contributed by atoms with Crippen LogP contribution in [0.15, 0.2) is 41.3 Å². The fourth-order valence-electron chi connectivity index (χ4n) is 1.65. The maximum absolute atomic E-state index is 6.11. The summed E-state index contributed by atoms with van der Waals surface area (Å²) in [4.78, 5) is 5.63. The Bertz CT molecular complexity index is 560. The summed E-state index contributed by atoms with van der Waals surface area (Å²) in [5.41, 5.74) is 0.798. The summed E-state index contributed by atoms with van der Waals surface area (Å²) in [5.74, 6) is 1.33. The second kappa shape index (κ2) is 7.53. The molecule has 0 radical (unpaired) electrons. The first kappa shape index (κ1) is 15.2. The fraction of sp³-hybridized carbons (Fsp3) is 0.267. The summed E-state index contributed by atoms with van der Waals surface area (Å²) in [7, 11) is 0. The SMILES string of the molecule is CCNCc1nc(Oc2ccc(SC)cc2)ccc1Cl. The Hall–Kier alpha value is -1.23. The average Bonchev–Trinajstić information content (AvgIpc) is 2.48. The van der Waals surface area contributed by atoms with Crippen molar-refractivity contribution < 1.29 is 4.74 Å². The molecule has 0 aliphatic rings. The number of nitrogens with zero attached hydrogens (tertiary/aromatic N) is 1. The standard InChI is InChI=1S/C15H17ClN2OS/c1-3-17-10-14-13(16)8-9-15(18-14)19-11-4-6-12(20-2)7-5-11/h4-9,17H,3,10H2,1-2H3. The molecule has 0 saturated carbocycles. The Balaban J connectivity index is 2.11. The topological polar surface area (TPSA) is 34.2 Å². The molecule has 0 aliphatic carbocycles. The Labute approximate surface area is 128 Å². The molecule has 2 aromatic rings. The molecular formula is C15H17ClN2OS. The average molecular weight is 309 g/mol. The van der Waals surface area contributed by atoms with Crippen molar-refractivity contribution in [3.05, 3.63) is 47.1 Å².